The zero-order valence-electron chi connectivity index (χ0n) is 10.1. The number of amides is 2. The van der Waals surface area contributed by atoms with E-state index in [0.29, 0.717) is 19.5 Å². The van der Waals surface area contributed by atoms with Gasteiger partial charge in [0.2, 0.25) is 11.8 Å². The summed E-state index contributed by atoms with van der Waals surface area (Å²) in [6, 6.07) is 0. The van der Waals surface area contributed by atoms with Crippen molar-refractivity contribution in [3.63, 3.8) is 0 Å². The average molecular weight is 262 g/mol. The number of nitrogens with one attached hydrogen (secondary N) is 1. The second-order valence-electron chi connectivity index (χ2n) is 5.23. The minimum atomic E-state index is -0.160. The van der Waals surface area contributed by atoms with Crippen LogP contribution >= 0.6 is 12.4 Å². The molecule has 2 heterocycles. The zero-order valence-corrected chi connectivity index (χ0v) is 10.9. The monoisotopic (exact) mass is 261 g/mol. The van der Waals surface area contributed by atoms with Crippen LogP contribution in [0.4, 0.5) is 0 Å². The molecule has 0 aromatic rings. The van der Waals surface area contributed by atoms with Gasteiger partial charge in [0.1, 0.15) is 0 Å². The van der Waals surface area contributed by atoms with E-state index in [9.17, 15) is 9.59 Å². The lowest BCUT2D eigenvalue weighted by Gasteiger charge is -2.24. The Hall–Kier alpha value is -0.810. The Balaban J connectivity index is 0.00000144. The molecule has 2 fully saturated rings. The van der Waals surface area contributed by atoms with Gasteiger partial charge in [0.25, 0.3) is 0 Å². The Morgan fingerprint density at radius 1 is 1.65 bits per heavy atom. The summed E-state index contributed by atoms with van der Waals surface area (Å²) in [6.07, 6.45) is 1.30. The van der Waals surface area contributed by atoms with E-state index in [1.54, 1.807) is 0 Å². The molecule has 2 amide bonds. The second-order valence-corrected chi connectivity index (χ2v) is 5.23. The molecule has 0 radical (unpaired) electrons. The van der Waals surface area contributed by atoms with Gasteiger partial charge in [0.15, 0.2) is 0 Å². The molecule has 17 heavy (non-hydrogen) atoms. The van der Waals surface area contributed by atoms with Gasteiger partial charge in [-0.15, -0.1) is 12.4 Å². The fraction of sp³-hybridized carbons (Fsp3) is 0.818. The van der Waals surface area contributed by atoms with Gasteiger partial charge in [-0.3, -0.25) is 9.59 Å². The summed E-state index contributed by atoms with van der Waals surface area (Å²) in [6.45, 7) is 4.72. The Bertz CT molecular complexity index is 324. The van der Waals surface area contributed by atoms with Crippen LogP contribution in [0.15, 0.2) is 0 Å². The molecule has 98 valence electrons. The van der Waals surface area contributed by atoms with Crippen LogP contribution in [-0.2, 0) is 9.59 Å². The number of hydrogen-bond donors (Lipinski definition) is 2. The van der Waals surface area contributed by atoms with E-state index >= 15 is 0 Å². The van der Waals surface area contributed by atoms with Crippen molar-refractivity contribution >= 4 is 24.2 Å². The summed E-state index contributed by atoms with van der Waals surface area (Å²) in [5.41, 5.74) is 5.76. The standard InChI is InChI=1S/C11H19N3O2.ClH/c1-11(6-12)2-3-14(7-11)10(16)8-4-9(15)13-5-8;/h8H,2-7,12H2,1H3,(H,13,15);1H. The second kappa shape index (κ2) is 5.23. The molecule has 3 N–H and O–H groups in total. The van der Waals surface area contributed by atoms with Gasteiger partial charge in [-0.2, -0.15) is 0 Å². The smallest absolute Gasteiger partial charge is 0.228 e. The minimum absolute atomic E-state index is 0. The summed E-state index contributed by atoms with van der Waals surface area (Å²) in [4.78, 5) is 25.0. The summed E-state index contributed by atoms with van der Waals surface area (Å²) in [5.74, 6) is -0.0673. The van der Waals surface area contributed by atoms with Crippen LogP contribution in [0, 0.1) is 11.3 Å². The number of carbonyl (C=O) groups excluding carboxylic acids is 2. The van der Waals surface area contributed by atoms with E-state index in [1.165, 1.54) is 0 Å². The number of rotatable bonds is 2. The molecule has 2 aliphatic heterocycles. The molecule has 5 nitrogen and oxygen atoms in total. The van der Waals surface area contributed by atoms with Crippen LogP contribution < -0.4 is 11.1 Å². The molecular weight excluding hydrogens is 242 g/mol. The van der Waals surface area contributed by atoms with E-state index in [1.807, 2.05) is 4.90 Å². The summed E-state index contributed by atoms with van der Waals surface area (Å²) in [5, 5.41) is 2.70. The number of hydrogen-bond acceptors (Lipinski definition) is 3. The first-order chi connectivity index (χ1) is 7.54. The molecule has 2 aliphatic rings. The van der Waals surface area contributed by atoms with Crippen molar-refractivity contribution in [2.45, 2.75) is 19.8 Å². The molecular formula is C11H20ClN3O2. The van der Waals surface area contributed by atoms with Gasteiger partial charge in [-0.1, -0.05) is 6.92 Å². The summed E-state index contributed by atoms with van der Waals surface area (Å²) in [7, 11) is 0. The summed E-state index contributed by atoms with van der Waals surface area (Å²) < 4.78 is 0. The first kappa shape index (κ1) is 14.3. The van der Waals surface area contributed by atoms with E-state index < -0.39 is 0 Å². The maximum absolute atomic E-state index is 12.1. The van der Waals surface area contributed by atoms with Gasteiger partial charge >= 0.3 is 0 Å². The predicted octanol–water partition coefficient (Wildman–Crippen LogP) is -0.258. The topological polar surface area (TPSA) is 75.4 Å². The first-order valence-corrected chi connectivity index (χ1v) is 5.80. The molecule has 2 rings (SSSR count). The van der Waals surface area contributed by atoms with Gasteiger partial charge in [-0.05, 0) is 18.4 Å². The molecule has 2 unspecified atom stereocenters. The van der Waals surface area contributed by atoms with Crippen molar-refractivity contribution in [1.29, 1.82) is 0 Å². The van der Waals surface area contributed by atoms with Gasteiger partial charge in [-0.25, -0.2) is 0 Å². The molecule has 0 spiro atoms. The normalized spacial score (nSPS) is 32.2. The highest BCUT2D eigenvalue weighted by Gasteiger charge is 2.38. The lowest BCUT2D eigenvalue weighted by Crippen LogP contribution is -2.38. The Morgan fingerprint density at radius 2 is 2.35 bits per heavy atom. The number of likely N-dealkylation sites (tertiary alicyclic amines) is 1. The fourth-order valence-electron chi connectivity index (χ4n) is 2.42. The van der Waals surface area contributed by atoms with Crippen molar-refractivity contribution in [2.24, 2.45) is 17.1 Å². The van der Waals surface area contributed by atoms with Crippen LogP contribution in [0.25, 0.3) is 0 Å². The van der Waals surface area contributed by atoms with E-state index in [2.05, 4.69) is 12.2 Å². The minimum Gasteiger partial charge on any atom is -0.355 e. The van der Waals surface area contributed by atoms with Gasteiger partial charge in [0.05, 0.1) is 5.92 Å². The van der Waals surface area contributed by atoms with Crippen molar-refractivity contribution < 1.29 is 9.59 Å². The van der Waals surface area contributed by atoms with Gasteiger partial charge < -0.3 is 16.0 Å². The van der Waals surface area contributed by atoms with Crippen molar-refractivity contribution in [3.05, 3.63) is 0 Å². The lowest BCUT2D eigenvalue weighted by molar-refractivity contribution is -0.135. The maximum atomic E-state index is 12.1. The summed E-state index contributed by atoms with van der Waals surface area (Å²) >= 11 is 0. The number of nitrogens with zero attached hydrogens (tertiary/aromatic N) is 1. The van der Waals surface area contributed by atoms with Crippen LogP contribution in [-0.4, -0.2) is 42.9 Å². The Kier molecular flexibility index (Phi) is 4.38. The molecule has 0 saturated carbocycles. The van der Waals surface area contributed by atoms with Crippen LogP contribution in [0.1, 0.15) is 19.8 Å². The zero-order chi connectivity index (χ0) is 11.8. The molecule has 0 bridgehead atoms. The van der Waals surface area contributed by atoms with Crippen molar-refractivity contribution in [1.82, 2.24) is 10.2 Å². The number of carbonyl (C=O) groups is 2. The number of halogens is 1. The van der Waals surface area contributed by atoms with E-state index in [4.69, 9.17) is 5.73 Å². The van der Waals surface area contributed by atoms with Crippen molar-refractivity contribution in [3.8, 4) is 0 Å². The molecule has 0 aliphatic carbocycles. The SMILES string of the molecule is CC1(CN)CCN(C(=O)C2CNC(=O)C2)C1.Cl. The maximum Gasteiger partial charge on any atom is 0.228 e. The molecule has 0 aromatic carbocycles. The average Bonchev–Trinajstić information content (AvgIpc) is 2.85. The highest BCUT2D eigenvalue weighted by molar-refractivity contribution is 5.89. The largest absolute Gasteiger partial charge is 0.355 e. The third-order valence-electron chi connectivity index (χ3n) is 3.69. The third kappa shape index (κ3) is 2.90. The lowest BCUT2D eigenvalue weighted by atomic mass is 9.90. The molecule has 2 saturated heterocycles. The number of nitrogens with two attached hydrogens (primary N) is 1. The van der Waals surface area contributed by atoms with Crippen LogP contribution in [0.2, 0.25) is 0 Å². The van der Waals surface area contributed by atoms with Crippen LogP contribution in [0.3, 0.4) is 0 Å². The van der Waals surface area contributed by atoms with Crippen LogP contribution in [0.5, 0.6) is 0 Å². The quantitative estimate of drug-likeness (QED) is 0.719. The first-order valence-electron chi connectivity index (χ1n) is 5.80. The third-order valence-corrected chi connectivity index (χ3v) is 3.69. The molecule has 0 aromatic heterocycles. The Morgan fingerprint density at radius 3 is 2.82 bits per heavy atom. The Labute approximate surface area is 108 Å². The van der Waals surface area contributed by atoms with Gasteiger partial charge in [0, 0.05) is 26.1 Å². The highest BCUT2D eigenvalue weighted by Crippen LogP contribution is 2.30. The fourth-order valence-corrected chi connectivity index (χ4v) is 2.42. The predicted molar refractivity (Wildman–Crippen MR) is 66.7 cm³/mol. The highest BCUT2D eigenvalue weighted by atomic mass is 35.5. The molecule has 2 atom stereocenters. The van der Waals surface area contributed by atoms with Crippen molar-refractivity contribution in [2.75, 3.05) is 26.2 Å². The molecule has 6 heteroatoms. The van der Waals surface area contributed by atoms with E-state index in [-0.39, 0.29) is 35.6 Å². The van der Waals surface area contributed by atoms with E-state index in [0.717, 1.165) is 19.5 Å².